The van der Waals surface area contributed by atoms with E-state index in [0.29, 0.717) is 25.2 Å². The number of nitrogens with zero attached hydrogens (tertiary/aromatic N) is 4. The van der Waals surface area contributed by atoms with Crippen molar-refractivity contribution in [2.45, 2.75) is 13.0 Å². The van der Waals surface area contributed by atoms with E-state index in [1.165, 1.54) is 23.5 Å². The number of amides is 1. The summed E-state index contributed by atoms with van der Waals surface area (Å²) in [6.07, 6.45) is 2.10. The molecule has 0 saturated carbocycles. The molecule has 4 rings (SSSR count). The van der Waals surface area contributed by atoms with Crippen LogP contribution >= 0.6 is 11.3 Å². The lowest BCUT2D eigenvalue weighted by molar-refractivity contribution is -0.116. The Kier molecular flexibility index (Phi) is 5.98. The van der Waals surface area contributed by atoms with Gasteiger partial charge in [0.1, 0.15) is 5.82 Å². The summed E-state index contributed by atoms with van der Waals surface area (Å²) in [5.41, 5.74) is 1.22. The molecule has 3 aromatic rings. The minimum atomic E-state index is -0.366. The number of rotatable bonds is 6. The topological polar surface area (TPSA) is 70.0 Å². The van der Waals surface area contributed by atoms with Gasteiger partial charge in [-0.15, -0.1) is 11.3 Å². The number of carbonyl (C=O) groups excluding carboxylic acids is 1. The van der Waals surface area contributed by atoms with E-state index >= 15 is 0 Å². The van der Waals surface area contributed by atoms with E-state index in [2.05, 4.69) is 20.1 Å². The zero-order valence-corrected chi connectivity index (χ0v) is 16.7. The third kappa shape index (κ3) is 5.06. The van der Waals surface area contributed by atoms with Crippen LogP contribution in [0, 0.1) is 5.82 Å². The first kappa shape index (κ1) is 19.7. The second-order valence-corrected chi connectivity index (χ2v) is 7.94. The fourth-order valence-corrected chi connectivity index (χ4v) is 4.16. The maximum Gasteiger partial charge on any atom is 0.258 e. The van der Waals surface area contributed by atoms with E-state index in [1.807, 2.05) is 5.38 Å². The summed E-state index contributed by atoms with van der Waals surface area (Å²) < 4.78 is 14.7. The van der Waals surface area contributed by atoms with Crippen LogP contribution in [0.15, 0.2) is 46.7 Å². The van der Waals surface area contributed by atoms with Crippen LogP contribution in [0.1, 0.15) is 12.1 Å². The van der Waals surface area contributed by atoms with Crippen molar-refractivity contribution in [2.24, 2.45) is 0 Å². The van der Waals surface area contributed by atoms with Crippen molar-refractivity contribution in [3.63, 3.8) is 0 Å². The highest BCUT2D eigenvalue weighted by molar-refractivity contribution is 7.15. The van der Waals surface area contributed by atoms with Gasteiger partial charge in [0.15, 0.2) is 4.96 Å². The Morgan fingerprint density at radius 3 is 2.76 bits per heavy atom. The summed E-state index contributed by atoms with van der Waals surface area (Å²) in [6, 6.07) is 7.50. The lowest BCUT2D eigenvalue weighted by atomic mass is 10.2. The van der Waals surface area contributed by atoms with E-state index < -0.39 is 0 Å². The van der Waals surface area contributed by atoms with Gasteiger partial charge in [0.2, 0.25) is 5.91 Å². The molecule has 29 heavy (non-hydrogen) atoms. The normalized spacial score (nSPS) is 15.6. The summed E-state index contributed by atoms with van der Waals surface area (Å²) in [5, 5.41) is 4.58. The van der Waals surface area contributed by atoms with Crippen molar-refractivity contribution in [1.82, 2.24) is 19.2 Å². The number of hydrogen-bond donors (Lipinski definition) is 1. The quantitative estimate of drug-likeness (QED) is 0.667. The third-order valence-corrected chi connectivity index (χ3v) is 5.73. The molecule has 0 atom stereocenters. The van der Waals surface area contributed by atoms with Gasteiger partial charge in [-0.3, -0.25) is 18.9 Å². The van der Waals surface area contributed by atoms with Crippen molar-refractivity contribution in [1.29, 1.82) is 0 Å². The first-order valence-electron chi connectivity index (χ1n) is 9.53. The van der Waals surface area contributed by atoms with Crippen molar-refractivity contribution >= 4 is 27.9 Å². The van der Waals surface area contributed by atoms with E-state index in [9.17, 15) is 14.0 Å². The van der Waals surface area contributed by atoms with Gasteiger partial charge in [0.25, 0.3) is 5.56 Å². The lowest BCUT2D eigenvalue weighted by Gasteiger charge is -2.34. The molecule has 0 unspecified atom stereocenters. The minimum absolute atomic E-state index is 0.0470. The van der Waals surface area contributed by atoms with Gasteiger partial charge in [-0.05, 0) is 18.2 Å². The van der Waals surface area contributed by atoms with Gasteiger partial charge in [-0.25, -0.2) is 9.37 Å². The maximum absolute atomic E-state index is 13.2. The molecule has 9 heteroatoms. The third-order valence-electron chi connectivity index (χ3n) is 4.97. The fraction of sp³-hybridized carbons (Fsp3) is 0.350. The molecule has 3 heterocycles. The summed E-state index contributed by atoms with van der Waals surface area (Å²) in [4.78, 5) is 34.0. The number of benzene rings is 1. The van der Waals surface area contributed by atoms with Crippen molar-refractivity contribution in [3.05, 3.63) is 63.8 Å². The first-order chi connectivity index (χ1) is 14.1. The number of halogens is 1. The predicted molar refractivity (Wildman–Crippen MR) is 111 cm³/mol. The van der Waals surface area contributed by atoms with E-state index in [4.69, 9.17) is 0 Å². The molecule has 1 N–H and O–H groups in total. The Bertz CT molecular complexity index is 1060. The predicted octanol–water partition coefficient (Wildman–Crippen LogP) is 2.04. The monoisotopic (exact) mass is 415 g/mol. The molecule has 1 aliphatic heterocycles. The number of carbonyl (C=O) groups is 1. The number of thiazole rings is 1. The molecule has 2 aromatic heterocycles. The van der Waals surface area contributed by atoms with Gasteiger partial charge in [-0.2, -0.15) is 0 Å². The molecular formula is C20H22FN5O2S. The van der Waals surface area contributed by atoms with Crippen molar-refractivity contribution in [3.8, 4) is 0 Å². The van der Waals surface area contributed by atoms with Gasteiger partial charge in [-0.1, -0.05) is 6.07 Å². The Labute approximate surface area is 171 Å². The van der Waals surface area contributed by atoms with Gasteiger partial charge < -0.3 is 10.2 Å². The second kappa shape index (κ2) is 8.81. The van der Waals surface area contributed by atoms with Gasteiger partial charge >= 0.3 is 0 Å². The molecule has 1 saturated heterocycles. The Hall–Kier alpha value is -2.62. The molecule has 7 nitrogen and oxygen atoms in total. The van der Waals surface area contributed by atoms with Crippen LogP contribution in [0.4, 0.5) is 10.1 Å². The van der Waals surface area contributed by atoms with Crippen LogP contribution in [-0.2, 0) is 11.3 Å². The Balaban J connectivity index is 1.23. The second-order valence-electron chi connectivity index (χ2n) is 7.07. The molecule has 1 fully saturated rings. The highest BCUT2D eigenvalue weighted by Gasteiger charge is 2.18. The zero-order chi connectivity index (χ0) is 20.2. The number of anilines is 1. The fourth-order valence-electron chi connectivity index (χ4n) is 3.42. The molecule has 0 radical (unpaired) electrons. The average Bonchev–Trinajstić information content (AvgIpc) is 3.17. The number of piperazine rings is 1. The van der Waals surface area contributed by atoms with Crippen LogP contribution in [0.25, 0.3) is 4.96 Å². The maximum atomic E-state index is 13.2. The van der Waals surface area contributed by atoms with Crippen LogP contribution in [0.5, 0.6) is 0 Å². The van der Waals surface area contributed by atoms with Crippen LogP contribution < -0.4 is 10.9 Å². The highest BCUT2D eigenvalue weighted by atomic mass is 32.1. The molecule has 1 aliphatic rings. The summed E-state index contributed by atoms with van der Waals surface area (Å²) in [5.74, 6) is -0.485. The SMILES string of the molecule is O=C(CCN1CCN(Cc2cc(=O)n3ccsc3n2)CC1)Nc1cccc(F)c1. The standard InChI is InChI=1S/C20H22FN5O2S/c21-15-2-1-3-16(12-15)22-18(27)4-5-24-6-8-25(9-7-24)14-17-13-19(28)26-10-11-29-20(26)23-17/h1-3,10-13H,4-9,14H2,(H,22,27). The molecular weight excluding hydrogens is 393 g/mol. The number of nitrogens with one attached hydrogen (secondary N) is 1. The minimum Gasteiger partial charge on any atom is -0.326 e. The summed E-state index contributed by atoms with van der Waals surface area (Å²) in [7, 11) is 0. The average molecular weight is 415 g/mol. The van der Waals surface area contributed by atoms with Gasteiger partial charge in [0, 0.05) is 69.0 Å². The molecule has 1 aromatic carbocycles. The highest BCUT2D eigenvalue weighted by Crippen LogP contribution is 2.12. The van der Waals surface area contributed by atoms with Crippen molar-refractivity contribution < 1.29 is 9.18 Å². The van der Waals surface area contributed by atoms with Crippen molar-refractivity contribution in [2.75, 3.05) is 38.0 Å². The molecule has 0 spiro atoms. The first-order valence-corrected chi connectivity index (χ1v) is 10.4. The largest absolute Gasteiger partial charge is 0.326 e. The molecule has 152 valence electrons. The van der Waals surface area contributed by atoms with Gasteiger partial charge in [0.05, 0.1) is 5.69 Å². The Morgan fingerprint density at radius 2 is 1.97 bits per heavy atom. The Morgan fingerprint density at radius 1 is 1.17 bits per heavy atom. The summed E-state index contributed by atoms with van der Waals surface area (Å²) >= 11 is 1.46. The number of aromatic nitrogens is 2. The molecule has 0 bridgehead atoms. The van der Waals surface area contributed by atoms with E-state index in [0.717, 1.165) is 36.8 Å². The van der Waals surface area contributed by atoms with Crippen LogP contribution in [-0.4, -0.2) is 57.8 Å². The van der Waals surface area contributed by atoms with Crippen LogP contribution in [0.3, 0.4) is 0 Å². The smallest absolute Gasteiger partial charge is 0.258 e. The zero-order valence-electron chi connectivity index (χ0n) is 15.9. The number of hydrogen-bond acceptors (Lipinski definition) is 6. The summed E-state index contributed by atoms with van der Waals surface area (Å²) in [6.45, 7) is 4.74. The van der Waals surface area contributed by atoms with Crippen LogP contribution in [0.2, 0.25) is 0 Å². The number of fused-ring (bicyclic) bond motifs is 1. The van der Waals surface area contributed by atoms with E-state index in [1.54, 1.807) is 28.8 Å². The lowest BCUT2D eigenvalue weighted by Crippen LogP contribution is -2.46. The molecule has 0 aliphatic carbocycles. The van der Waals surface area contributed by atoms with E-state index in [-0.39, 0.29) is 17.3 Å². The molecule has 1 amide bonds.